The number of likely N-dealkylation sites (tertiary alicyclic amines) is 1. The van der Waals surface area contributed by atoms with Crippen molar-refractivity contribution in [3.63, 3.8) is 0 Å². The van der Waals surface area contributed by atoms with E-state index in [0.29, 0.717) is 0 Å². The molecule has 5 heteroatoms. The van der Waals surface area contributed by atoms with Crippen LogP contribution in [-0.4, -0.2) is 28.5 Å². The number of hydrogen-bond acceptors (Lipinski definition) is 3. The Labute approximate surface area is 121 Å². The topological polar surface area (TPSA) is 37.4 Å². The zero-order valence-electron chi connectivity index (χ0n) is 9.45. The number of carbonyl (C=O) groups is 2. The Morgan fingerprint density at radius 3 is 2.07 bits per heavy atom. The summed E-state index contributed by atoms with van der Waals surface area (Å²) in [6.45, 7) is 5.73. The predicted octanol–water partition coefficient (Wildman–Crippen LogP) is 1.30. The Hall–Kier alpha value is 0.412. The van der Waals surface area contributed by atoms with E-state index in [1.54, 1.807) is 0 Å². The molecule has 1 rings (SSSR count). The van der Waals surface area contributed by atoms with Crippen LogP contribution in [0.4, 0.5) is 0 Å². The number of hydrogen-bond donors (Lipinski definition) is 0. The summed E-state index contributed by atoms with van der Waals surface area (Å²) in [5.41, 5.74) is 0. The first-order valence-corrected chi connectivity index (χ1v) is 5.39. The van der Waals surface area contributed by atoms with Gasteiger partial charge in [0.05, 0.1) is 5.91 Å². The van der Waals surface area contributed by atoms with Crippen molar-refractivity contribution >= 4 is 24.4 Å². The molecule has 0 saturated carbocycles. The SMILES string of the molecule is CC(C)N1C(=O)[CH-]CC1=O.CCC[S-].[U+2]. The molecule has 84 valence electrons. The average molecular weight is 453 g/mol. The first kappa shape index (κ1) is 17.8. The summed E-state index contributed by atoms with van der Waals surface area (Å²) in [5.74, 6) is 0.667. The molecule has 0 spiro atoms. The van der Waals surface area contributed by atoms with Crippen LogP contribution in [0.2, 0.25) is 0 Å². The van der Waals surface area contributed by atoms with Gasteiger partial charge in [-0.2, -0.15) is 5.75 Å². The van der Waals surface area contributed by atoms with E-state index < -0.39 is 0 Å². The summed E-state index contributed by atoms with van der Waals surface area (Å²) >= 11 is 4.55. The average Bonchev–Trinajstić information content (AvgIpc) is 2.46. The van der Waals surface area contributed by atoms with E-state index in [2.05, 4.69) is 19.6 Å². The van der Waals surface area contributed by atoms with Gasteiger partial charge in [0.25, 0.3) is 0 Å². The summed E-state index contributed by atoms with van der Waals surface area (Å²) in [7, 11) is 0. The molecule has 0 aromatic rings. The molecule has 1 saturated heterocycles. The molecule has 0 radical (unpaired) electrons. The fourth-order valence-corrected chi connectivity index (χ4v) is 1.04. The van der Waals surface area contributed by atoms with Gasteiger partial charge < -0.3 is 22.3 Å². The van der Waals surface area contributed by atoms with Crippen molar-refractivity contribution in [2.75, 3.05) is 5.75 Å². The van der Waals surface area contributed by atoms with E-state index in [-0.39, 0.29) is 55.4 Å². The van der Waals surface area contributed by atoms with E-state index in [1.807, 2.05) is 13.8 Å². The second-order valence-electron chi connectivity index (χ2n) is 3.31. The summed E-state index contributed by atoms with van der Waals surface area (Å²) in [6, 6.07) is -0.00116. The maximum absolute atomic E-state index is 10.9. The maximum atomic E-state index is 10.9. The monoisotopic (exact) mass is 453 g/mol. The fraction of sp³-hybridized carbons (Fsp3) is 0.700. The van der Waals surface area contributed by atoms with Gasteiger partial charge in [0.15, 0.2) is 5.91 Å². The molecular formula is C10H17NO2SU. The van der Waals surface area contributed by atoms with Crippen molar-refractivity contribution in [1.29, 1.82) is 0 Å². The van der Waals surface area contributed by atoms with Crippen LogP contribution in [0.15, 0.2) is 0 Å². The number of imide groups is 1. The molecule has 0 aliphatic carbocycles. The molecule has 1 heterocycles. The first-order valence-electron chi connectivity index (χ1n) is 4.81. The van der Waals surface area contributed by atoms with Crippen molar-refractivity contribution in [3.05, 3.63) is 6.42 Å². The van der Waals surface area contributed by atoms with Gasteiger partial charge in [-0.05, 0) is 13.8 Å². The van der Waals surface area contributed by atoms with Gasteiger partial charge in [0.1, 0.15) is 0 Å². The molecular weight excluding hydrogens is 436 g/mol. The van der Waals surface area contributed by atoms with Crippen LogP contribution in [0.3, 0.4) is 0 Å². The van der Waals surface area contributed by atoms with E-state index >= 15 is 0 Å². The quantitative estimate of drug-likeness (QED) is 0.360. The Bertz CT molecular complexity index is 192. The van der Waals surface area contributed by atoms with Crippen LogP contribution in [0.1, 0.15) is 33.6 Å². The molecule has 0 atom stereocenters. The minimum absolute atomic E-state index is 0. The van der Waals surface area contributed by atoms with E-state index in [9.17, 15) is 9.59 Å². The number of rotatable bonds is 2. The molecule has 1 aliphatic heterocycles. The van der Waals surface area contributed by atoms with Crippen molar-refractivity contribution in [2.24, 2.45) is 0 Å². The smallest absolute Gasteiger partial charge is 0.793 e. The maximum Gasteiger partial charge on any atom is 2.00 e. The third-order valence-electron chi connectivity index (χ3n) is 1.68. The Balaban J connectivity index is 0. The molecule has 15 heavy (non-hydrogen) atoms. The molecule has 0 aromatic heterocycles. The Morgan fingerprint density at radius 1 is 1.47 bits per heavy atom. The number of amides is 2. The first-order chi connectivity index (χ1) is 6.54. The van der Waals surface area contributed by atoms with Gasteiger partial charge in [-0.25, -0.2) is 0 Å². The minimum Gasteiger partial charge on any atom is -0.793 e. The van der Waals surface area contributed by atoms with Crippen LogP contribution in [0, 0.1) is 37.5 Å². The van der Waals surface area contributed by atoms with Gasteiger partial charge in [-0.3, -0.25) is 11.2 Å². The van der Waals surface area contributed by atoms with Crippen LogP contribution >= 0.6 is 0 Å². The zero-order chi connectivity index (χ0) is 11.1. The van der Waals surface area contributed by atoms with Crippen molar-refractivity contribution < 1.29 is 40.7 Å². The Morgan fingerprint density at radius 2 is 1.93 bits per heavy atom. The summed E-state index contributed by atoms with van der Waals surface area (Å²) in [6.07, 6.45) is 2.83. The predicted molar refractivity (Wildman–Crippen MR) is 58.4 cm³/mol. The summed E-state index contributed by atoms with van der Waals surface area (Å²) in [5, 5.41) is 0. The van der Waals surface area contributed by atoms with Crippen LogP contribution in [0.5, 0.6) is 0 Å². The molecule has 1 fully saturated rings. The van der Waals surface area contributed by atoms with Gasteiger partial charge in [0, 0.05) is 6.04 Å². The molecule has 0 bridgehead atoms. The van der Waals surface area contributed by atoms with Crippen LogP contribution < -0.4 is 0 Å². The van der Waals surface area contributed by atoms with Crippen molar-refractivity contribution in [2.45, 2.75) is 39.7 Å². The third kappa shape index (κ3) is 6.55. The Kier molecular flexibility index (Phi) is 11.4. The van der Waals surface area contributed by atoms with Gasteiger partial charge >= 0.3 is 31.1 Å². The normalized spacial score (nSPS) is 14.3. The van der Waals surface area contributed by atoms with E-state index in [4.69, 9.17) is 0 Å². The van der Waals surface area contributed by atoms with Gasteiger partial charge in [-0.15, -0.1) is 0 Å². The second kappa shape index (κ2) is 9.62. The fourth-order valence-electron chi connectivity index (χ4n) is 1.04. The van der Waals surface area contributed by atoms with Gasteiger partial charge in [-0.1, -0.05) is 19.8 Å². The number of carbonyl (C=O) groups excluding carboxylic acids is 2. The van der Waals surface area contributed by atoms with Crippen LogP contribution in [0.25, 0.3) is 0 Å². The standard InChI is InChI=1S/C7H10NO2.C3H8S.U/c1-5(2)8-6(9)3-4-7(8)10;1-2-3-4;/h3,5H,4H2,1-2H3;4H,2-3H2,1H3;/q-1;;+2/p-1. The minimum atomic E-state index is -0.153. The second-order valence-corrected chi connectivity index (χ2v) is 3.72. The number of nitrogens with zero attached hydrogens (tertiary/aromatic N) is 1. The summed E-state index contributed by atoms with van der Waals surface area (Å²) < 4.78 is 0. The van der Waals surface area contributed by atoms with E-state index in [1.165, 1.54) is 11.3 Å². The molecule has 2 amide bonds. The van der Waals surface area contributed by atoms with Gasteiger partial charge in [0.2, 0.25) is 0 Å². The third-order valence-corrected chi connectivity index (χ3v) is 2.09. The molecule has 3 nitrogen and oxygen atoms in total. The molecule has 1 aliphatic rings. The largest absolute Gasteiger partial charge is 2.00 e. The summed E-state index contributed by atoms with van der Waals surface area (Å²) in [4.78, 5) is 23.1. The molecule has 0 unspecified atom stereocenters. The van der Waals surface area contributed by atoms with Crippen molar-refractivity contribution in [3.8, 4) is 0 Å². The molecule has 0 aromatic carbocycles. The zero-order valence-corrected chi connectivity index (χ0v) is 14.4. The molecule has 0 N–H and O–H groups in total. The van der Waals surface area contributed by atoms with E-state index in [0.717, 1.165) is 12.2 Å². The van der Waals surface area contributed by atoms with Crippen LogP contribution in [-0.2, 0) is 22.2 Å². The van der Waals surface area contributed by atoms with Crippen molar-refractivity contribution in [1.82, 2.24) is 4.90 Å².